The van der Waals surface area contributed by atoms with E-state index in [0.29, 0.717) is 11.8 Å². The van der Waals surface area contributed by atoms with Crippen molar-refractivity contribution >= 4 is 11.9 Å². The Kier molecular flexibility index (Phi) is 4.78. The first kappa shape index (κ1) is 16.7. The van der Waals surface area contributed by atoms with Gasteiger partial charge in [0.25, 0.3) is 0 Å². The van der Waals surface area contributed by atoms with Crippen LogP contribution in [0.2, 0.25) is 0 Å². The molecule has 0 N–H and O–H groups in total. The summed E-state index contributed by atoms with van der Waals surface area (Å²) < 4.78 is 70.8. The lowest BCUT2D eigenvalue weighted by Gasteiger charge is -2.04. The van der Waals surface area contributed by atoms with Crippen molar-refractivity contribution in [1.82, 2.24) is 0 Å². The third-order valence-corrected chi connectivity index (χ3v) is 3.02. The van der Waals surface area contributed by atoms with Crippen molar-refractivity contribution in [3.63, 3.8) is 0 Å². The van der Waals surface area contributed by atoms with Crippen LogP contribution in [0, 0.1) is 29.1 Å². The van der Waals surface area contributed by atoms with Crippen molar-refractivity contribution < 1.29 is 31.5 Å². The molecular formula is C16H9F5O2. The molecule has 0 heterocycles. The number of hydrogen-bond acceptors (Lipinski definition) is 2. The number of carbonyl (C=O) groups is 1. The van der Waals surface area contributed by atoms with Crippen molar-refractivity contribution in [1.29, 1.82) is 0 Å². The Labute approximate surface area is 127 Å². The Morgan fingerprint density at radius 2 is 1.35 bits per heavy atom. The van der Waals surface area contributed by atoms with Gasteiger partial charge in [0, 0.05) is 5.56 Å². The van der Waals surface area contributed by atoms with Gasteiger partial charge in [-0.2, -0.15) is 0 Å². The van der Waals surface area contributed by atoms with Crippen LogP contribution < -0.4 is 4.74 Å². The molecule has 0 aromatic heterocycles. The summed E-state index contributed by atoms with van der Waals surface area (Å²) in [6.07, 6.45) is 1.27. The van der Waals surface area contributed by atoms with E-state index in [0.717, 1.165) is 6.08 Å². The number of methoxy groups -OCH3 is 1. The Balaban J connectivity index is 2.34. The molecule has 0 amide bonds. The van der Waals surface area contributed by atoms with Crippen LogP contribution in [-0.2, 0) is 0 Å². The molecule has 7 heteroatoms. The van der Waals surface area contributed by atoms with Crippen LogP contribution in [0.3, 0.4) is 0 Å². The van der Waals surface area contributed by atoms with Crippen LogP contribution >= 0.6 is 0 Å². The first-order valence-electron chi connectivity index (χ1n) is 6.24. The number of carbonyl (C=O) groups excluding carboxylic acids is 1. The third kappa shape index (κ3) is 3.23. The standard InChI is InChI=1S/C16H9F5O2/c1-23-9-4-2-8(3-5-9)11(22)7-6-10-12(17)14(19)16(21)15(20)13(10)18/h2-7H,1H3/b7-6+. The highest BCUT2D eigenvalue weighted by Crippen LogP contribution is 2.24. The Morgan fingerprint density at radius 1 is 0.870 bits per heavy atom. The summed E-state index contributed by atoms with van der Waals surface area (Å²) in [5, 5.41) is 0. The highest BCUT2D eigenvalue weighted by molar-refractivity contribution is 6.06. The number of ether oxygens (including phenoxy) is 1. The monoisotopic (exact) mass is 328 g/mol. The van der Waals surface area contributed by atoms with Crippen LogP contribution in [0.1, 0.15) is 15.9 Å². The quantitative estimate of drug-likeness (QED) is 0.275. The zero-order chi connectivity index (χ0) is 17.1. The van der Waals surface area contributed by atoms with Crippen LogP contribution in [0.25, 0.3) is 6.08 Å². The van der Waals surface area contributed by atoms with Crippen LogP contribution in [0.15, 0.2) is 30.3 Å². The number of ketones is 1. The molecule has 120 valence electrons. The van der Waals surface area contributed by atoms with Crippen molar-refractivity contribution in [2.75, 3.05) is 7.11 Å². The van der Waals surface area contributed by atoms with E-state index < -0.39 is 40.4 Å². The lowest BCUT2D eigenvalue weighted by Crippen LogP contribution is -2.04. The number of halogens is 5. The minimum atomic E-state index is -2.25. The maximum Gasteiger partial charge on any atom is 0.200 e. The fraction of sp³-hybridized carbons (Fsp3) is 0.0625. The molecule has 2 nitrogen and oxygen atoms in total. The second-order valence-corrected chi connectivity index (χ2v) is 4.41. The molecule has 0 saturated heterocycles. The molecule has 23 heavy (non-hydrogen) atoms. The van der Waals surface area contributed by atoms with Crippen molar-refractivity contribution in [2.45, 2.75) is 0 Å². The van der Waals surface area contributed by atoms with Crippen LogP contribution in [0.4, 0.5) is 22.0 Å². The predicted octanol–water partition coefficient (Wildman–Crippen LogP) is 4.29. The molecule has 0 unspecified atom stereocenters. The minimum Gasteiger partial charge on any atom is -0.497 e. The molecule has 0 radical (unpaired) electrons. The smallest absolute Gasteiger partial charge is 0.200 e. The number of hydrogen-bond donors (Lipinski definition) is 0. The predicted molar refractivity (Wildman–Crippen MR) is 72.6 cm³/mol. The molecule has 2 rings (SSSR count). The summed E-state index contributed by atoms with van der Waals surface area (Å²) in [7, 11) is 1.43. The van der Waals surface area contributed by atoms with Gasteiger partial charge in [-0.15, -0.1) is 0 Å². The van der Waals surface area contributed by atoms with Crippen molar-refractivity contribution in [3.8, 4) is 5.75 Å². The average molecular weight is 328 g/mol. The van der Waals surface area contributed by atoms with Gasteiger partial charge in [-0.25, -0.2) is 22.0 Å². The first-order chi connectivity index (χ1) is 10.9. The summed E-state index contributed by atoms with van der Waals surface area (Å²) >= 11 is 0. The molecule has 0 saturated carbocycles. The SMILES string of the molecule is COc1ccc(C(=O)/C=C/c2c(F)c(F)c(F)c(F)c2F)cc1. The third-order valence-electron chi connectivity index (χ3n) is 3.02. The number of allylic oxidation sites excluding steroid dienone is 1. The van der Waals surface area contributed by atoms with Crippen LogP contribution in [-0.4, -0.2) is 12.9 Å². The normalized spacial score (nSPS) is 11.0. The second-order valence-electron chi connectivity index (χ2n) is 4.41. The Hall–Kier alpha value is -2.70. The summed E-state index contributed by atoms with van der Waals surface area (Å²) in [5.41, 5.74) is -1.02. The summed E-state index contributed by atoms with van der Waals surface area (Å²) in [5.74, 6) is -10.6. The van der Waals surface area contributed by atoms with E-state index in [-0.39, 0.29) is 5.56 Å². The number of benzene rings is 2. The topological polar surface area (TPSA) is 26.3 Å². The summed E-state index contributed by atoms with van der Waals surface area (Å²) in [6.45, 7) is 0. The molecule has 0 fully saturated rings. The van der Waals surface area contributed by atoms with Gasteiger partial charge >= 0.3 is 0 Å². The lowest BCUT2D eigenvalue weighted by molar-refractivity contribution is 0.104. The van der Waals surface area contributed by atoms with E-state index in [1.54, 1.807) is 0 Å². The molecule has 2 aromatic rings. The van der Waals surface area contributed by atoms with Gasteiger partial charge in [0.2, 0.25) is 5.82 Å². The molecule has 0 aliphatic carbocycles. The largest absolute Gasteiger partial charge is 0.497 e. The van der Waals surface area contributed by atoms with Gasteiger partial charge < -0.3 is 4.74 Å². The molecular weight excluding hydrogens is 319 g/mol. The maximum absolute atomic E-state index is 13.5. The van der Waals surface area contributed by atoms with E-state index in [2.05, 4.69) is 0 Å². The van der Waals surface area contributed by atoms with E-state index >= 15 is 0 Å². The lowest BCUT2D eigenvalue weighted by atomic mass is 10.1. The zero-order valence-corrected chi connectivity index (χ0v) is 11.7. The van der Waals surface area contributed by atoms with Crippen LogP contribution in [0.5, 0.6) is 5.75 Å². The van der Waals surface area contributed by atoms with E-state index in [4.69, 9.17) is 4.74 Å². The Bertz CT molecular complexity index is 753. The van der Waals surface area contributed by atoms with Gasteiger partial charge in [-0.3, -0.25) is 4.79 Å². The Morgan fingerprint density at radius 3 is 1.83 bits per heavy atom. The highest BCUT2D eigenvalue weighted by Gasteiger charge is 2.24. The minimum absolute atomic E-state index is 0.158. The first-order valence-corrected chi connectivity index (χ1v) is 6.24. The van der Waals surface area contributed by atoms with E-state index in [1.165, 1.54) is 31.4 Å². The van der Waals surface area contributed by atoms with E-state index in [1.807, 2.05) is 0 Å². The molecule has 0 aliphatic rings. The van der Waals surface area contributed by atoms with Gasteiger partial charge in [0.05, 0.1) is 12.7 Å². The molecule has 0 aliphatic heterocycles. The van der Waals surface area contributed by atoms with Crippen molar-refractivity contribution in [2.24, 2.45) is 0 Å². The number of rotatable bonds is 4. The molecule has 2 aromatic carbocycles. The van der Waals surface area contributed by atoms with Gasteiger partial charge in [0.15, 0.2) is 29.1 Å². The molecule has 0 atom stereocenters. The van der Waals surface area contributed by atoms with E-state index in [9.17, 15) is 26.7 Å². The fourth-order valence-electron chi connectivity index (χ4n) is 1.78. The average Bonchev–Trinajstić information content (AvgIpc) is 2.58. The van der Waals surface area contributed by atoms with Gasteiger partial charge in [-0.05, 0) is 36.4 Å². The van der Waals surface area contributed by atoms with Gasteiger partial charge in [-0.1, -0.05) is 0 Å². The molecule has 0 spiro atoms. The van der Waals surface area contributed by atoms with Crippen molar-refractivity contribution in [3.05, 3.63) is 70.6 Å². The molecule has 0 bridgehead atoms. The summed E-state index contributed by atoms with van der Waals surface area (Å²) in [6, 6.07) is 5.76. The highest BCUT2D eigenvalue weighted by atomic mass is 19.2. The second kappa shape index (κ2) is 6.60. The van der Waals surface area contributed by atoms with Gasteiger partial charge in [0.1, 0.15) is 5.75 Å². The maximum atomic E-state index is 13.5. The summed E-state index contributed by atoms with van der Waals surface area (Å²) in [4.78, 5) is 11.8. The zero-order valence-electron chi connectivity index (χ0n) is 11.7. The fourth-order valence-corrected chi connectivity index (χ4v) is 1.78.